The fraction of sp³-hybridized carbons (Fsp3) is 0.235. The molecule has 0 aliphatic heterocycles. The number of hydrogen-bond donors (Lipinski definition) is 1. The maximum absolute atomic E-state index is 12.2. The molecule has 0 aromatic heterocycles. The first-order valence-electron chi connectivity index (χ1n) is 6.78. The molecule has 1 atom stereocenters. The van der Waals surface area contributed by atoms with Crippen LogP contribution < -0.4 is 10.1 Å². The molecule has 0 saturated carbocycles. The van der Waals surface area contributed by atoms with Crippen molar-refractivity contribution in [2.75, 3.05) is 5.32 Å². The number of rotatable bonds is 5. The van der Waals surface area contributed by atoms with Crippen LogP contribution in [0, 0.1) is 6.92 Å². The summed E-state index contributed by atoms with van der Waals surface area (Å²) < 4.78 is 5.72. The summed E-state index contributed by atoms with van der Waals surface area (Å²) in [6, 6.07) is 17.1. The van der Waals surface area contributed by atoms with Gasteiger partial charge in [-0.15, -0.1) is 0 Å². The van der Waals surface area contributed by atoms with Crippen molar-refractivity contribution in [2.24, 2.45) is 0 Å². The summed E-state index contributed by atoms with van der Waals surface area (Å²) in [5, 5.41) is 2.89. The van der Waals surface area contributed by atoms with Crippen molar-refractivity contribution in [3.63, 3.8) is 0 Å². The molecule has 1 N–H and O–H groups in total. The zero-order valence-corrected chi connectivity index (χ0v) is 11.8. The lowest BCUT2D eigenvalue weighted by Crippen LogP contribution is -2.32. The Kier molecular flexibility index (Phi) is 4.77. The Bertz CT molecular complexity index is 566. The van der Waals surface area contributed by atoms with Crippen molar-refractivity contribution in [2.45, 2.75) is 26.4 Å². The van der Waals surface area contributed by atoms with Crippen molar-refractivity contribution in [1.82, 2.24) is 0 Å². The zero-order valence-electron chi connectivity index (χ0n) is 11.8. The van der Waals surface area contributed by atoms with E-state index in [4.69, 9.17) is 4.74 Å². The standard InChI is InChI=1S/C17H19NO2/c1-3-16(20-15-10-5-4-6-11-15)17(19)18-14-9-7-8-13(2)12-14/h4-12,16H,3H2,1-2H3,(H,18,19). The van der Waals surface area contributed by atoms with Crippen molar-refractivity contribution in [3.8, 4) is 5.75 Å². The predicted octanol–water partition coefficient (Wildman–Crippen LogP) is 3.79. The molecule has 0 radical (unpaired) electrons. The average molecular weight is 269 g/mol. The van der Waals surface area contributed by atoms with Crippen molar-refractivity contribution in [1.29, 1.82) is 0 Å². The molecule has 0 saturated heterocycles. The number of ether oxygens (including phenoxy) is 1. The lowest BCUT2D eigenvalue weighted by Gasteiger charge is -2.17. The van der Waals surface area contributed by atoms with Crippen molar-refractivity contribution >= 4 is 11.6 Å². The minimum Gasteiger partial charge on any atom is -0.481 e. The van der Waals surface area contributed by atoms with E-state index in [1.807, 2.05) is 68.4 Å². The second-order valence-electron chi connectivity index (χ2n) is 4.69. The lowest BCUT2D eigenvalue weighted by atomic mass is 10.2. The topological polar surface area (TPSA) is 38.3 Å². The fourth-order valence-electron chi connectivity index (χ4n) is 1.93. The first kappa shape index (κ1) is 14.1. The Balaban J connectivity index is 2.02. The lowest BCUT2D eigenvalue weighted by molar-refractivity contribution is -0.122. The number of anilines is 1. The molecule has 1 unspecified atom stereocenters. The Morgan fingerprint density at radius 3 is 2.55 bits per heavy atom. The summed E-state index contributed by atoms with van der Waals surface area (Å²) >= 11 is 0. The monoisotopic (exact) mass is 269 g/mol. The first-order chi connectivity index (χ1) is 9.69. The minimum atomic E-state index is -0.488. The van der Waals surface area contributed by atoms with E-state index in [1.165, 1.54) is 0 Å². The average Bonchev–Trinajstić information content (AvgIpc) is 2.45. The molecule has 104 valence electrons. The summed E-state index contributed by atoms with van der Waals surface area (Å²) in [4.78, 5) is 12.2. The van der Waals surface area contributed by atoms with E-state index >= 15 is 0 Å². The molecule has 2 aromatic carbocycles. The number of carbonyl (C=O) groups is 1. The quantitative estimate of drug-likeness (QED) is 0.896. The molecular weight excluding hydrogens is 250 g/mol. The van der Waals surface area contributed by atoms with Gasteiger partial charge in [-0.3, -0.25) is 4.79 Å². The molecule has 0 fully saturated rings. The summed E-state index contributed by atoms with van der Waals surface area (Å²) in [6.07, 6.45) is 0.130. The first-order valence-corrected chi connectivity index (χ1v) is 6.78. The Labute approximate surface area is 119 Å². The van der Waals surface area contributed by atoms with Crippen LogP contribution in [0.4, 0.5) is 5.69 Å². The van der Waals surface area contributed by atoms with Gasteiger partial charge in [-0.2, -0.15) is 0 Å². The van der Waals surface area contributed by atoms with Crippen LogP contribution in [0.25, 0.3) is 0 Å². The summed E-state index contributed by atoms with van der Waals surface area (Å²) in [5.41, 5.74) is 1.91. The number of aryl methyl sites for hydroxylation is 1. The van der Waals surface area contributed by atoms with Crippen molar-refractivity contribution in [3.05, 3.63) is 60.2 Å². The van der Waals surface area contributed by atoms with Crippen LogP contribution in [-0.4, -0.2) is 12.0 Å². The summed E-state index contributed by atoms with van der Waals surface area (Å²) in [5.74, 6) is 0.584. The molecule has 2 aromatic rings. The van der Waals surface area contributed by atoms with Crippen LogP contribution in [0.5, 0.6) is 5.75 Å². The van der Waals surface area contributed by atoms with E-state index in [2.05, 4.69) is 5.32 Å². The minimum absolute atomic E-state index is 0.123. The number of carbonyl (C=O) groups excluding carboxylic acids is 1. The third-order valence-electron chi connectivity index (χ3n) is 2.97. The van der Waals surface area contributed by atoms with Gasteiger partial charge in [0.2, 0.25) is 0 Å². The summed E-state index contributed by atoms with van der Waals surface area (Å²) in [7, 11) is 0. The van der Waals surface area contributed by atoms with Crippen LogP contribution in [-0.2, 0) is 4.79 Å². The van der Waals surface area contributed by atoms with Gasteiger partial charge in [0.05, 0.1) is 0 Å². The predicted molar refractivity (Wildman–Crippen MR) is 81.0 cm³/mol. The normalized spacial score (nSPS) is 11.7. The van der Waals surface area contributed by atoms with Crippen LogP contribution >= 0.6 is 0 Å². The molecule has 20 heavy (non-hydrogen) atoms. The smallest absolute Gasteiger partial charge is 0.265 e. The van der Waals surface area contributed by atoms with Gasteiger partial charge in [0.15, 0.2) is 6.10 Å². The molecule has 0 aliphatic rings. The van der Waals surface area contributed by atoms with Gasteiger partial charge in [-0.25, -0.2) is 0 Å². The Hall–Kier alpha value is -2.29. The fourth-order valence-corrected chi connectivity index (χ4v) is 1.93. The maximum Gasteiger partial charge on any atom is 0.265 e. The third-order valence-corrected chi connectivity index (χ3v) is 2.97. The molecule has 0 bridgehead atoms. The van der Waals surface area contributed by atoms with Gasteiger partial charge in [0, 0.05) is 5.69 Å². The van der Waals surface area contributed by atoms with Gasteiger partial charge < -0.3 is 10.1 Å². The number of para-hydroxylation sites is 1. The molecule has 1 amide bonds. The van der Waals surface area contributed by atoms with Gasteiger partial charge in [0.25, 0.3) is 5.91 Å². The Morgan fingerprint density at radius 2 is 1.90 bits per heavy atom. The molecule has 3 nitrogen and oxygen atoms in total. The zero-order chi connectivity index (χ0) is 14.4. The maximum atomic E-state index is 12.2. The highest BCUT2D eigenvalue weighted by Gasteiger charge is 2.18. The molecule has 0 heterocycles. The van der Waals surface area contributed by atoms with Crippen LogP contribution in [0.1, 0.15) is 18.9 Å². The molecule has 0 spiro atoms. The van der Waals surface area contributed by atoms with Crippen molar-refractivity contribution < 1.29 is 9.53 Å². The number of nitrogens with one attached hydrogen (secondary N) is 1. The highest BCUT2D eigenvalue weighted by atomic mass is 16.5. The van der Waals surface area contributed by atoms with Gasteiger partial charge in [-0.1, -0.05) is 37.3 Å². The van der Waals surface area contributed by atoms with Gasteiger partial charge in [-0.05, 0) is 43.2 Å². The van der Waals surface area contributed by atoms with E-state index in [0.717, 1.165) is 11.3 Å². The highest BCUT2D eigenvalue weighted by Crippen LogP contribution is 2.15. The van der Waals surface area contributed by atoms with E-state index in [-0.39, 0.29) is 5.91 Å². The van der Waals surface area contributed by atoms with Crippen LogP contribution in [0.15, 0.2) is 54.6 Å². The SMILES string of the molecule is CCC(Oc1ccccc1)C(=O)Nc1cccc(C)c1. The van der Waals surface area contributed by atoms with Crippen LogP contribution in [0.3, 0.4) is 0 Å². The van der Waals surface area contributed by atoms with Crippen LogP contribution in [0.2, 0.25) is 0 Å². The number of benzene rings is 2. The van der Waals surface area contributed by atoms with E-state index in [1.54, 1.807) is 0 Å². The second kappa shape index (κ2) is 6.75. The highest BCUT2D eigenvalue weighted by molar-refractivity contribution is 5.94. The van der Waals surface area contributed by atoms with E-state index in [0.29, 0.717) is 12.2 Å². The number of hydrogen-bond acceptors (Lipinski definition) is 2. The molecular formula is C17H19NO2. The molecule has 0 aliphatic carbocycles. The second-order valence-corrected chi connectivity index (χ2v) is 4.69. The molecule has 3 heteroatoms. The van der Waals surface area contributed by atoms with E-state index in [9.17, 15) is 4.79 Å². The van der Waals surface area contributed by atoms with Gasteiger partial charge in [0.1, 0.15) is 5.75 Å². The largest absolute Gasteiger partial charge is 0.481 e. The third kappa shape index (κ3) is 3.85. The van der Waals surface area contributed by atoms with Gasteiger partial charge >= 0.3 is 0 Å². The number of amides is 1. The summed E-state index contributed by atoms with van der Waals surface area (Å²) in [6.45, 7) is 3.93. The Morgan fingerprint density at radius 1 is 1.15 bits per heavy atom. The molecule has 2 rings (SSSR count). The van der Waals surface area contributed by atoms with E-state index < -0.39 is 6.10 Å².